The molecule has 0 aliphatic carbocycles. The van der Waals surface area contributed by atoms with Crippen molar-refractivity contribution in [1.29, 1.82) is 0 Å². The molecule has 2 heteroatoms. The lowest BCUT2D eigenvalue weighted by Crippen LogP contribution is -2.17. The topological polar surface area (TPSA) is 8.17 Å². The highest BCUT2D eigenvalue weighted by Crippen LogP contribution is 2.37. The molecular weight excluding hydrogens is 544 g/mol. The zero-order valence-electron chi connectivity index (χ0n) is 24.9. The fraction of sp³-hybridized carbons (Fsp3) is 0.0233. The van der Waals surface area contributed by atoms with Crippen LogP contribution >= 0.6 is 0 Å². The Hall–Kier alpha value is -5.86. The molecule has 8 aromatic rings. The third kappa shape index (κ3) is 5.07. The van der Waals surface area contributed by atoms with E-state index in [1.807, 2.05) is 0 Å². The molecule has 0 N–H and O–H groups in total. The maximum Gasteiger partial charge on any atom is 0.0547 e. The Morgan fingerprint density at radius 3 is 1.73 bits per heavy atom. The Kier molecular flexibility index (Phi) is 6.94. The lowest BCUT2D eigenvalue weighted by Gasteiger charge is -2.27. The molecule has 7 aromatic carbocycles. The highest BCUT2D eigenvalue weighted by molar-refractivity contribution is 6.10. The second kappa shape index (κ2) is 11.7. The van der Waals surface area contributed by atoms with Crippen LogP contribution in [0.15, 0.2) is 182 Å². The van der Waals surface area contributed by atoms with Crippen molar-refractivity contribution >= 4 is 33.2 Å². The van der Waals surface area contributed by atoms with Gasteiger partial charge < -0.3 is 9.47 Å². The number of nitrogens with zero attached hydrogens (tertiary/aromatic N) is 2. The molecule has 2 nitrogen and oxygen atoms in total. The summed E-state index contributed by atoms with van der Waals surface area (Å²) in [5.74, 6) is 0. The molecule has 0 radical (unpaired) electrons. The van der Waals surface area contributed by atoms with E-state index in [9.17, 15) is 0 Å². The zero-order valence-corrected chi connectivity index (χ0v) is 24.9. The molecule has 0 saturated carbocycles. The Labute approximate surface area is 264 Å². The molecule has 0 amide bonds. The Morgan fingerprint density at radius 1 is 0.400 bits per heavy atom. The van der Waals surface area contributed by atoms with E-state index < -0.39 is 0 Å². The fourth-order valence-corrected chi connectivity index (χ4v) is 6.51. The first-order valence-corrected chi connectivity index (χ1v) is 15.5. The number of hydrogen-bond acceptors (Lipinski definition) is 1. The van der Waals surface area contributed by atoms with Crippen molar-refractivity contribution in [3.8, 4) is 27.9 Å². The Morgan fingerprint density at radius 2 is 0.956 bits per heavy atom. The van der Waals surface area contributed by atoms with Crippen LogP contribution in [0.2, 0.25) is 0 Å². The molecule has 1 aromatic heterocycles. The van der Waals surface area contributed by atoms with Crippen molar-refractivity contribution in [2.45, 2.75) is 6.54 Å². The third-order valence-electron chi connectivity index (χ3n) is 8.70. The number of fused-ring (bicyclic) bond motifs is 3. The number of hydrogen-bond donors (Lipinski definition) is 0. The first kappa shape index (κ1) is 26.7. The van der Waals surface area contributed by atoms with E-state index in [0.717, 1.165) is 12.2 Å². The van der Waals surface area contributed by atoms with Crippen LogP contribution in [0, 0.1) is 0 Å². The largest absolute Gasteiger partial charge is 0.337 e. The van der Waals surface area contributed by atoms with Crippen LogP contribution in [-0.2, 0) is 6.54 Å². The smallest absolute Gasteiger partial charge is 0.0547 e. The second-order valence-corrected chi connectivity index (χ2v) is 11.4. The van der Waals surface area contributed by atoms with E-state index in [1.165, 1.54) is 61.0 Å². The Balaban J connectivity index is 1.23. The summed E-state index contributed by atoms with van der Waals surface area (Å²) in [7, 11) is 0. The van der Waals surface area contributed by atoms with Gasteiger partial charge in [-0.2, -0.15) is 0 Å². The molecule has 0 aliphatic heterocycles. The lowest BCUT2D eigenvalue weighted by molar-refractivity contribution is 0.977. The molecule has 214 valence electrons. The lowest BCUT2D eigenvalue weighted by atomic mass is 9.97. The minimum Gasteiger partial charge on any atom is -0.337 e. The SMILES string of the molecule is c1ccc(-c2ccc(N(Cc3ccccc3-c3ccc4c5ccccc5n(-c5ccccc5)c4c3)c3ccccc3)cc2)cc1. The molecule has 0 aliphatic rings. The van der Waals surface area contributed by atoms with Crippen LogP contribution in [0.1, 0.15) is 5.56 Å². The van der Waals surface area contributed by atoms with E-state index in [-0.39, 0.29) is 0 Å². The molecule has 45 heavy (non-hydrogen) atoms. The van der Waals surface area contributed by atoms with Gasteiger partial charge >= 0.3 is 0 Å². The van der Waals surface area contributed by atoms with Crippen LogP contribution in [0.25, 0.3) is 49.7 Å². The van der Waals surface area contributed by atoms with E-state index in [2.05, 4.69) is 191 Å². The van der Waals surface area contributed by atoms with Gasteiger partial charge in [-0.1, -0.05) is 133 Å². The Bertz CT molecular complexity index is 2210. The van der Waals surface area contributed by atoms with Crippen LogP contribution in [0.3, 0.4) is 0 Å². The van der Waals surface area contributed by atoms with Crippen LogP contribution in [-0.4, -0.2) is 4.57 Å². The van der Waals surface area contributed by atoms with E-state index in [1.54, 1.807) is 0 Å². The molecule has 0 atom stereocenters. The van der Waals surface area contributed by atoms with Crippen molar-refractivity contribution in [3.05, 3.63) is 188 Å². The van der Waals surface area contributed by atoms with Gasteiger partial charge in [0.15, 0.2) is 0 Å². The highest BCUT2D eigenvalue weighted by Gasteiger charge is 2.16. The summed E-state index contributed by atoms with van der Waals surface area (Å²) in [6.07, 6.45) is 0. The maximum absolute atomic E-state index is 2.41. The predicted molar refractivity (Wildman–Crippen MR) is 190 cm³/mol. The quantitative estimate of drug-likeness (QED) is 0.183. The average Bonchev–Trinajstić information content (AvgIpc) is 3.46. The molecule has 0 spiro atoms. The van der Waals surface area contributed by atoms with E-state index in [0.29, 0.717) is 0 Å². The first-order valence-electron chi connectivity index (χ1n) is 15.5. The summed E-state index contributed by atoms with van der Waals surface area (Å²) in [6.45, 7) is 0.741. The maximum atomic E-state index is 2.41. The first-order chi connectivity index (χ1) is 22.3. The molecule has 8 rings (SSSR count). The summed E-state index contributed by atoms with van der Waals surface area (Å²) in [4.78, 5) is 2.41. The van der Waals surface area contributed by atoms with Gasteiger partial charge in [0.1, 0.15) is 0 Å². The minimum atomic E-state index is 0.741. The van der Waals surface area contributed by atoms with Crippen molar-refractivity contribution in [1.82, 2.24) is 4.57 Å². The van der Waals surface area contributed by atoms with Crippen molar-refractivity contribution in [2.24, 2.45) is 0 Å². The molecule has 0 saturated heterocycles. The van der Waals surface area contributed by atoms with Gasteiger partial charge in [-0.25, -0.2) is 0 Å². The molecule has 0 unspecified atom stereocenters. The molecular formula is C43H32N2. The summed E-state index contributed by atoms with van der Waals surface area (Å²) in [5.41, 5.74) is 12.1. The summed E-state index contributed by atoms with van der Waals surface area (Å²) in [6, 6.07) is 65.3. The minimum absolute atomic E-state index is 0.741. The number of benzene rings is 7. The van der Waals surface area contributed by atoms with Gasteiger partial charge in [0, 0.05) is 34.4 Å². The van der Waals surface area contributed by atoms with Crippen LogP contribution in [0.4, 0.5) is 11.4 Å². The average molecular weight is 577 g/mol. The summed E-state index contributed by atoms with van der Waals surface area (Å²) >= 11 is 0. The number of aromatic nitrogens is 1. The molecule has 0 fully saturated rings. The van der Waals surface area contributed by atoms with Gasteiger partial charge in [0.25, 0.3) is 0 Å². The summed E-state index contributed by atoms with van der Waals surface area (Å²) < 4.78 is 2.39. The van der Waals surface area contributed by atoms with Crippen molar-refractivity contribution in [2.75, 3.05) is 4.90 Å². The van der Waals surface area contributed by atoms with E-state index >= 15 is 0 Å². The fourth-order valence-electron chi connectivity index (χ4n) is 6.51. The van der Waals surface area contributed by atoms with Crippen molar-refractivity contribution in [3.63, 3.8) is 0 Å². The van der Waals surface area contributed by atoms with Crippen molar-refractivity contribution < 1.29 is 0 Å². The van der Waals surface area contributed by atoms with Crippen LogP contribution in [0.5, 0.6) is 0 Å². The van der Waals surface area contributed by atoms with E-state index in [4.69, 9.17) is 0 Å². The predicted octanol–water partition coefficient (Wildman–Crippen LogP) is 11.5. The third-order valence-corrected chi connectivity index (χ3v) is 8.70. The molecule has 0 bridgehead atoms. The summed E-state index contributed by atoms with van der Waals surface area (Å²) in [5, 5.41) is 2.53. The second-order valence-electron chi connectivity index (χ2n) is 11.4. The van der Waals surface area contributed by atoms with Crippen LogP contribution < -0.4 is 4.90 Å². The van der Waals surface area contributed by atoms with Gasteiger partial charge in [0.2, 0.25) is 0 Å². The molecule has 1 heterocycles. The van der Waals surface area contributed by atoms with Gasteiger partial charge in [-0.15, -0.1) is 0 Å². The number of rotatable bonds is 7. The van der Waals surface area contributed by atoms with Gasteiger partial charge in [-0.05, 0) is 76.3 Å². The zero-order chi connectivity index (χ0) is 30.0. The van der Waals surface area contributed by atoms with Gasteiger partial charge in [-0.3, -0.25) is 0 Å². The monoisotopic (exact) mass is 576 g/mol. The highest BCUT2D eigenvalue weighted by atomic mass is 15.1. The number of anilines is 2. The standard InChI is InChI=1S/C43H32N2/c1-4-14-32(15-5-1)33-24-27-37(28-25-33)44(36-17-6-2-7-18-36)31-35-16-10-11-21-39(35)34-26-29-41-40-22-12-13-23-42(40)45(43(41)30-34)38-19-8-3-9-20-38/h1-30H,31H2. The normalized spacial score (nSPS) is 11.2. The van der Waals surface area contributed by atoms with Gasteiger partial charge in [0.05, 0.1) is 11.0 Å². The number of para-hydroxylation sites is 3.